The van der Waals surface area contributed by atoms with E-state index in [1.54, 1.807) is 0 Å². The number of hydrogen-bond acceptors (Lipinski definition) is 2. The molecule has 1 heterocycles. The van der Waals surface area contributed by atoms with Crippen LogP contribution in [0.4, 0.5) is 5.69 Å². The molecule has 1 nitrogen and oxygen atoms in total. The average molecular weight is 262 g/mol. The molecular weight excluding hydrogens is 249 g/mol. The molecule has 1 aromatic carbocycles. The third-order valence-electron chi connectivity index (χ3n) is 2.51. The number of halogens is 2. The molecule has 1 aromatic rings. The minimum absolute atomic E-state index is 0.544. The van der Waals surface area contributed by atoms with Crippen molar-refractivity contribution in [1.82, 2.24) is 0 Å². The largest absolute Gasteiger partial charge is 0.381 e. The van der Waals surface area contributed by atoms with Gasteiger partial charge in [-0.05, 0) is 42.5 Å². The third-order valence-corrected chi connectivity index (χ3v) is 4.12. The van der Waals surface area contributed by atoms with Crippen molar-refractivity contribution in [3.05, 3.63) is 28.2 Å². The summed E-state index contributed by atoms with van der Waals surface area (Å²) in [6.45, 7) is 0. The smallest absolute Gasteiger partial charge is 0.0638 e. The maximum absolute atomic E-state index is 6.09. The monoisotopic (exact) mass is 261 g/mol. The van der Waals surface area contributed by atoms with E-state index in [9.17, 15) is 0 Å². The van der Waals surface area contributed by atoms with Crippen LogP contribution in [0.1, 0.15) is 12.8 Å². The first-order chi connectivity index (χ1) is 7.25. The highest BCUT2D eigenvalue weighted by Gasteiger charge is 2.14. The second-order valence-electron chi connectivity index (χ2n) is 3.66. The summed E-state index contributed by atoms with van der Waals surface area (Å²) in [7, 11) is 0. The Hall–Kier alpha value is -0.0500. The van der Waals surface area contributed by atoms with Crippen LogP contribution in [-0.4, -0.2) is 17.5 Å². The first-order valence-electron chi connectivity index (χ1n) is 5.05. The molecule has 1 aliphatic rings. The average Bonchev–Trinajstić information content (AvgIpc) is 2.25. The number of hydrogen-bond donors (Lipinski definition) is 1. The van der Waals surface area contributed by atoms with Crippen LogP contribution in [0.25, 0.3) is 0 Å². The Morgan fingerprint density at radius 1 is 1.20 bits per heavy atom. The normalized spacial score (nSPS) is 17.7. The van der Waals surface area contributed by atoms with Gasteiger partial charge in [0.15, 0.2) is 0 Å². The Labute approximate surface area is 105 Å². The van der Waals surface area contributed by atoms with Crippen LogP contribution in [0.2, 0.25) is 10.0 Å². The summed E-state index contributed by atoms with van der Waals surface area (Å²) < 4.78 is 0. The van der Waals surface area contributed by atoms with Crippen molar-refractivity contribution >= 4 is 40.7 Å². The van der Waals surface area contributed by atoms with E-state index in [4.69, 9.17) is 23.2 Å². The topological polar surface area (TPSA) is 12.0 Å². The maximum Gasteiger partial charge on any atom is 0.0638 e. The second-order valence-corrected chi connectivity index (χ2v) is 5.72. The summed E-state index contributed by atoms with van der Waals surface area (Å²) in [5.74, 6) is 2.46. The third kappa shape index (κ3) is 3.20. The predicted octanol–water partition coefficient (Wildman–Crippen LogP) is 4.30. The Morgan fingerprint density at radius 3 is 2.67 bits per heavy atom. The summed E-state index contributed by atoms with van der Waals surface area (Å²) in [6.07, 6.45) is 2.40. The quantitative estimate of drug-likeness (QED) is 0.852. The highest BCUT2D eigenvalue weighted by molar-refractivity contribution is 7.99. The van der Waals surface area contributed by atoms with Crippen LogP contribution in [0.5, 0.6) is 0 Å². The molecule has 82 valence electrons. The van der Waals surface area contributed by atoms with Crippen LogP contribution >= 0.6 is 35.0 Å². The van der Waals surface area contributed by atoms with E-state index in [0.29, 0.717) is 6.04 Å². The second kappa shape index (κ2) is 5.33. The molecule has 0 aromatic heterocycles. The minimum Gasteiger partial charge on any atom is -0.381 e. The standard InChI is InChI=1S/C11H13Cl2NS/c12-8-1-2-10(13)11(7-8)14-9-3-5-15-6-4-9/h1-2,7,9,14H,3-6H2. The molecule has 0 bridgehead atoms. The molecule has 0 spiro atoms. The molecule has 1 N–H and O–H groups in total. The predicted molar refractivity (Wildman–Crippen MR) is 70.4 cm³/mol. The molecule has 0 amide bonds. The molecule has 0 saturated carbocycles. The molecular formula is C11H13Cl2NS. The van der Waals surface area contributed by atoms with Gasteiger partial charge in [0.2, 0.25) is 0 Å². The Balaban J connectivity index is 2.05. The molecule has 1 saturated heterocycles. The van der Waals surface area contributed by atoms with Gasteiger partial charge in [-0.3, -0.25) is 0 Å². The molecule has 4 heteroatoms. The number of rotatable bonds is 2. The van der Waals surface area contributed by atoms with E-state index < -0.39 is 0 Å². The Bertz CT molecular complexity index is 337. The van der Waals surface area contributed by atoms with E-state index in [-0.39, 0.29) is 0 Å². The molecule has 0 radical (unpaired) electrons. The van der Waals surface area contributed by atoms with Crippen molar-refractivity contribution in [1.29, 1.82) is 0 Å². The lowest BCUT2D eigenvalue weighted by atomic mass is 10.1. The van der Waals surface area contributed by atoms with E-state index >= 15 is 0 Å². The van der Waals surface area contributed by atoms with E-state index in [1.807, 2.05) is 30.0 Å². The van der Waals surface area contributed by atoms with E-state index in [0.717, 1.165) is 15.7 Å². The van der Waals surface area contributed by atoms with Gasteiger partial charge in [0.1, 0.15) is 0 Å². The molecule has 0 aliphatic carbocycles. The van der Waals surface area contributed by atoms with Crippen molar-refractivity contribution in [3.63, 3.8) is 0 Å². The van der Waals surface area contributed by atoms with Crippen molar-refractivity contribution in [2.45, 2.75) is 18.9 Å². The van der Waals surface area contributed by atoms with Gasteiger partial charge in [-0.2, -0.15) is 11.8 Å². The van der Waals surface area contributed by atoms with Crippen molar-refractivity contribution in [3.8, 4) is 0 Å². The zero-order valence-corrected chi connectivity index (χ0v) is 10.6. The number of nitrogens with one attached hydrogen (secondary N) is 1. The maximum atomic E-state index is 6.09. The van der Waals surface area contributed by atoms with Crippen molar-refractivity contribution in [2.75, 3.05) is 16.8 Å². The summed E-state index contributed by atoms with van der Waals surface area (Å²) in [5.41, 5.74) is 0.959. The number of anilines is 1. The van der Waals surface area contributed by atoms with Gasteiger partial charge in [0.05, 0.1) is 10.7 Å². The molecule has 2 rings (SSSR count). The lowest BCUT2D eigenvalue weighted by Crippen LogP contribution is -2.24. The summed E-state index contributed by atoms with van der Waals surface area (Å²) in [4.78, 5) is 0. The first kappa shape index (κ1) is 11.4. The van der Waals surface area contributed by atoms with Crippen LogP contribution in [0, 0.1) is 0 Å². The van der Waals surface area contributed by atoms with Gasteiger partial charge in [0.25, 0.3) is 0 Å². The lowest BCUT2D eigenvalue weighted by Gasteiger charge is -2.24. The van der Waals surface area contributed by atoms with E-state index in [1.165, 1.54) is 24.3 Å². The molecule has 0 atom stereocenters. The van der Waals surface area contributed by atoms with E-state index in [2.05, 4.69) is 5.32 Å². The fourth-order valence-electron chi connectivity index (χ4n) is 1.67. The van der Waals surface area contributed by atoms with Crippen molar-refractivity contribution < 1.29 is 0 Å². The van der Waals surface area contributed by atoms with Gasteiger partial charge in [0, 0.05) is 11.1 Å². The summed E-state index contributed by atoms with van der Waals surface area (Å²) in [6, 6.07) is 6.09. The number of benzene rings is 1. The van der Waals surface area contributed by atoms with Gasteiger partial charge in [-0.15, -0.1) is 0 Å². The highest BCUT2D eigenvalue weighted by atomic mass is 35.5. The summed E-state index contributed by atoms with van der Waals surface area (Å²) in [5, 5.41) is 4.94. The molecule has 15 heavy (non-hydrogen) atoms. The summed E-state index contributed by atoms with van der Waals surface area (Å²) >= 11 is 14.0. The minimum atomic E-state index is 0.544. The van der Waals surface area contributed by atoms with Crippen LogP contribution < -0.4 is 5.32 Å². The molecule has 0 unspecified atom stereocenters. The van der Waals surface area contributed by atoms with Gasteiger partial charge < -0.3 is 5.32 Å². The lowest BCUT2D eigenvalue weighted by molar-refractivity contribution is 0.667. The fraction of sp³-hybridized carbons (Fsp3) is 0.455. The Kier molecular flexibility index (Phi) is 4.06. The number of thioether (sulfide) groups is 1. The van der Waals surface area contributed by atoms with Gasteiger partial charge >= 0.3 is 0 Å². The zero-order valence-electron chi connectivity index (χ0n) is 8.30. The SMILES string of the molecule is Clc1ccc(Cl)c(NC2CCSCC2)c1. The van der Waals surface area contributed by atoms with Crippen LogP contribution in [0.3, 0.4) is 0 Å². The highest BCUT2D eigenvalue weighted by Crippen LogP contribution is 2.28. The zero-order chi connectivity index (χ0) is 10.7. The fourth-order valence-corrected chi connectivity index (χ4v) is 3.12. The molecule has 1 aliphatic heterocycles. The van der Waals surface area contributed by atoms with Crippen LogP contribution in [0.15, 0.2) is 18.2 Å². The van der Waals surface area contributed by atoms with Gasteiger partial charge in [-0.1, -0.05) is 23.2 Å². The Morgan fingerprint density at radius 2 is 1.93 bits per heavy atom. The van der Waals surface area contributed by atoms with Crippen molar-refractivity contribution in [2.24, 2.45) is 0 Å². The first-order valence-corrected chi connectivity index (χ1v) is 6.96. The van der Waals surface area contributed by atoms with Crippen LogP contribution in [-0.2, 0) is 0 Å². The van der Waals surface area contributed by atoms with Gasteiger partial charge in [-0.25, -0.2) is 0 Å². The molecule has 1 fully saturated rings.